The fraction of sp³-hybridized carbons (Fsp3) is 0.500. The first-order valence-electron chi connectivity index (χ1n) is 2.90. The third-order valence-corrected chi connectivity index (χ3v) is 0.726. The van der Waals surface area contributed by atoms with Crippen molar-refractivity contribution in [3.05, 3.63) is 0 Å². The summed E-state index contributed by atoms with van der Waals surface area (Å²) in [5.41, 5.74) is 0. The van der Waals surface area contributed by atoms with E-state index < -0.39 is 5.97 Å². The maximum Gasteiger partial charge on any atom is 0.331 e. The second-order valence-corrected chi connectivity index (χ2v) is 1.64. The van der Waals surface area contributed by atoms with Crippen molar-refractivity contribution in [2.75, 3.05) is 0 Å². The first kappa shape index (κ1) is 8.81. The predicted octanol–water partition coefficient (Wildman–Crippen LogP) is 0.514. The molecule has 0 heterocycles. The second kappa shape index (κ2) is 4.67. The Bertz CT molecular complexity index is 162. The SMILES string of the molecule is CCC(=O)/C=N/OC(C)=O. The largest absolute Gasteiger partial charge is 0.331 e. The molecule has 0 aliphatic heterocycles. The van der Waals surface area contributed by atoms with Gasteiger partial charge in [-0.1, -0.05) is 12.1 Å². The maximum atomic E-state index is 10.5. The van der Waals surface area contributed by atoms with E-state index in [1.165, 1.54) is 6.92 Å². The average Bonchev–Trinajstić information content (AvgIpc) is 1.87. The Balaban J connectivity index is 3.56. The van der Waals surface area contributed by atoms with Crippen molar-refractivity contribution >= 4 is 18.0 Å². The van der Waals surface area contributed by atoms with Crippen LogP contribution >= 0.6 is 0 Å². The Kier molecular flexibility index (Phi) is 4.11. The number of hydrogen-bond donors (Lipinski definition) is 0. The van der Waals surface area contributed by atoms with E-state index in [-0.39, 0.29) is 5.78 Å². The molecule has 0 aromatic rings. The van der Waals surface area contributed by atoms with Crippen LogP contribution in [0, 0.1) is 0 Å². The van der Waals surface area contributed by atoms with Gasteiger partial charge in [-0.3, -0.25) is 4.79 Å². The number of oxime groups is 1. The van der Waals surface area contributed by atoms with E-state index >= 15 is 0 Å². The topological polar surface area (TPSA) is 55.7 Å². The molecule has 0 aliphatic rings. The molecule has 0 saturated heterocycles. The van der Waals surface area contributed by atoms with E-state index in [4.69, 9.17) is 0 Å². The molecule has 0 saturated carbocycles. The monoisotopic (exact) mass is 143 g/mol. The molecule has 0 aromatic heterocycles. The van der Waals surface area contributed by atoms with Gasteiger partial charge in [0.25, 0.3) is 0 Å². The van der Waals surface area contributed by atoms with Crippen LogP contribution < -0.4 is 0 Å². The first-order chi connectivity index (χ1) is 4.66. The zero-order valence-corrected chi connectivity index (χ0v) is 5.96. The van der Waals surface area contributed by atoms with Gasteiger partial charge in [-0.2, -0.15) is 0 Å². The smallest absolute Gasteiger partial charge is 0.319 e. The molecule has 0 aromatic carbocycles. The molecule has 0 atom stereocenters. The minimum Gasteiger partial charge on any atom is -0.319 e. The highest BCUT2D eigenvalue weighted by Gasteiger charge is 1.91. The van der Waals surface area contributed by atoms with Crippen molar-refractivity contribution in [3.63, 3.8) is 0 Å². The summed E-state index contributed by atoms with van der Waals surface area (Å²) in [6.45, 7) is 2.91. The van der Waals surface area contributed by atoms with Crippen LogP contribution in [0.15, 0.2) is 5.16 Å². The lowest BCUT2D eigenvalue weighted by atomic mass is 10.3. The zero-order valence-electron chi connectivity index (χ0n) is 5.96. The summed E-state index contributed by atoms with van der Waals surface area (Å²) in [5, 5.41) is 3.12. The molecule has 0 unspecified atom stereocenters. The van der Waals surface area contributed by atoms with Gasteiger partial charge in [0.2, 0.25) is 0 Å². The highest BCUT2D eigenvalue weighted by molar-refractivity contribution is 6.27. The Labute approximate surface area is 58.8 Å². The number of carbonyl (C=O) groups excluding carboxylic acids is 2. The third-order valence-electron chi connectivity index (χ3n) is 0.726. The Morgan fingerprint density at radius 2 is 2.20 bits per heavy atom. The molecule has 0 spiro atoms. The zero-order chi connectivity index (χ0) is 7.98. The van der Waals surface area contributed by atoms with Crippen molar-refractivity contribution in [3.8, 4) is 0 Å². The number of ketones is 1. The molecule has 0 radical (unpaired) electrons. The fourth-order valence-corrected chi connectivity index (χ4v) is 0.251. The Morgan fingerprint density at radius 3 is 2.60 bits per heavy atom. The molecular weight excluding hydrogens is 134 g/mol. The maximum absolute atomic E-state index is 10.5. The summed E-state index contributed by atoms with van der Waals surface area (Å²) in [7, 11) is 0. The summed E-state index contributed by atoms with van der Waals surface area (Å²) in [4.78, 5) is 24.6. The van der Waals surface area contributed by atoms with Crippen LogP contribution in [0.4, 0.5) is 0 Å². The lowest BCUT2D eigenvalue weighted by molar-refractivity contribution is -0.140. The Hall–Kier alpha value is -1.19. The van der Waals surface area contributed by atoms with E-state index in [0.717, 1.165) is 6.21 Å². The van der Waals surface area contributed by atoms with Gasteiger partial charge in [0, 0.05) is 13.3 Å². The van der Waals surface area contributed by atoms with Gasteiger partial charge in [0.05, 0.1) is 0 Å². The Morgan fingerprint density at radius 1 is 1.60 bits per heavy atom. The summed E-state index contributed by atoms with van der Waals surface area (Å²) < 4.78 is 0. The summed E-state index contributed by atoms with van der Waals surface area (Å²) in [6, 6.07) is 0. The van der Waals surface area contributed by atoms with Crippen LogP contribution in [0.25, 0.3) is 0 Å². The molecule has 0 aliphatic carbocycles. The fourth-order valence-electron chi connectivity index (χ4n) is 0.251. The van der Waals surface area contributed by atoms with Crippen LogP contribution in [0.1, 0.15) is 20.3 Å². The molecule has 0 bridgehead atoms. The molecule has 56 valence electrons. The van der Waals surface area contributed by atoms with Gasteiger partial charge in [0.15, 0.2) is 5.78 Å². The molecule has 10 heavy (non-hydrogen) atoms. The second-order valence-electron chi connectivity index (χ2n) is 1.64. The van der Waals surface area contributed by atoms with E-state index in [9.17, 15) is 9.59 Å². The summed E-state index contributed by atoms with van der Waals surface area (Å²) >= 11 is 0. The van der Waals surface area contributed by atoms with Crippen molar-refractivity contribution in [2.24, 2.45) is 5.16 Å². The van der Waals surface area contributed by atoms with E-state index in [0.29, 0.717) is 6.42 Å². The lowest BCUT2D eigenvalue weighted by Gasteiger charge is -1.86. The normalized spacial score (nSPS) is 9.80. The molecule has 0 amide bonds. The minimum absolute atomic E-state index is 0.166. The summed E-state index contributed by atoms with van der Waals surface area (Å²) in [6.07, 6.45) is 1.35. The first-order valence-corrected chi connectivity index (χ1v) is 2.90. The molecule has 0 fully saturated rings. The van der Waals surface area contributed by atoms with Gasteiger partial charge in [0.1, 0.15) is 6.21 Å². The number of carbonyl (C=O) groups is 2. The molecule has 4 nitrogen and oxygen atoms in total. The van der Waals surface area contributed by atoms with E-state index in [1.807, 2.05) is 0 Å². The molecular formula is C6H9NO3. The molecule has 0 rings (SSSR count). The average molecular weight is 143 g/mol. The standard InChI is InChI=1S/C6H9NO3/c1-3-6(9)4-7-10-5(2)8/h4H,3H2,1-2H3/b7-4+. The molecule has 4 heteroatoms. The van der Waals surface area contributed by atoms with Crippen LogP contribution in [-0.2, 0) is 14.4 Å². The number of Topliss-reactive ketones (excluding diaryl/α,β-unsaturated/α-hetero) is 1. The molecule has 0 N–H and O–H groups in total. The highest BCUT2D eigenvalue weighted by Crippen LogP contribution is 1.78. The minimum atomic E-state index is -0.528. The van der Waals surface area contributed by atoms with Gasteiger partial charge < -0.3 is 4.84 Å². The van der Waals surface area contributed by atoms with E-state index in [2.05, 4.69) is 9.99 Å². The van der Waals surface area contributed by atoms with Crippen molar-refractivity contribution < 1.29 is 14.4 Å². The van der Waals surface area contributed by atoms with Crippen LogP contribution in [0.5, 0.6) is 0 Å². The van der Waals surface area contributed by atoms with Crippen LogP contribution in [0.2, 0.25) is 0 Å². The van der Waals surface area contributed by atoms with Gasteiger partial charge in [-0.25, -0.2) is 4.79 Å². The lowest BCUT2D eigenvalue weighted by Crippen LogP contribution is -1.98. The van der Waals surface area contributed by atoms with Crippen molar-refractivity contribution in [1.29, 1.82) is 0 Å². The van der Waals surface area contributed by atoms with Gasteiger partial charge >= 0.3 is 5.97 Å². The third kappa shape index (κ3) is 4.96. The number of hydrogen-bond acceptors (Lipinski definition) is 4. The van der Waals surface area contributed by atoms with Gasteiger partial charge in [-0.05, 0) is 0 Å². The van der Waals surface area contributed by atoms with E-state index in [1.54, 1.807) is 6.92 Å². The summed E-state index contributed by atoms with van der Waals surface area (Å²) in [5.74, 6) is -0.693. The van der Waals surface area contributed by atoms with Crippen molar-refractivity contribution in [2.45, 2.75) is 20.3 Å². The predicted molar refractivity (Wildman–Crippen MR) is 35.6 cm³/mol. The van der Waals surface area contributed by atoms with Crippen molar-refractivity contribution in [1.82, 2.24) is 0 Å². The van der Waals surface area contributed by atoms with Crippen LogP contribution in [0.3, 0.4) is 0 Å². The number of rotatable bonds is 3. The number of nitrogens with zero attached hydrogens (tertiary/aromatic N) is 1. The van der Waals surface area contributed by atoms with Crippen LogP contribution in [-0.4, -0.2) is 18.0 Å². The quantitative estimate of drug-likeness (QED) is 0.328. The van der Waals surface area contributed by atoms with Gasteiger partial charge in [-0.15, -0.1) is 0 Å². The highest BCUT2D eigenvalue weighted by atomic mass is 16.7.